The fourth-order valence-electron chi connectivity index (χ4n) is 1.79. The Labute approximate surface area is 125 Å². The Balaban J connectivity index is 2.57. The van der Waals surface area contributed by atoms with Gasteiger partial charge in [0.05, 0.1) is 22.8 Å². The molecule has 0 aliphatic rings. The van der Waals surface area contributed by atoms with Crippen LogP contribution in [0.4, 0.5) is 5.69 Å². The van der Waals surface area contributed by atoms with Crippen LogP contribution < -0.4 is 5.32 Å². The highest BCUT2D eigenvalue weighted by Gasteiger charge is 2.17. The molecule has 0 saturated carbocycles. The topological polar surface area (TPSA) is 87.0 Å². The first-order valence-corrected chi connectivity index (χ1v) is 8.69. The lowest BCUT2D eigenvalue weighted by atomic mass is 10.2. The van der Waals surface area contributed by atoms with E-state index >= 15 is 0 Å². The molecule has 0 aromatic heterocycles. The maximum atomic E-state index is 11.8. The van der Waals surface area contributed by atoms with Crippen molar-refractivity contribution in [2.45, 2.75) is 26.7 Å². The van der Waals surface area contributed by atoms with Gasteiger partial charge in [-0.25, -0.2) is 8.42 Å². The van der Waals surface area contributed by atoms with Gasteiger partial charge in [0.1, 0.15) is 6.07 Å². The van der Waals surface area contributed by atoms with Gasteiger partial charge in [-0.2, -0.15) is 5.26 Å². The van der Waals surface area contributed by atoms with Gasteiger partial charge in [0.25, 0.3) is 0 Å². The van der Waals surface area contributed by atoms with E-state index in [1.165, 1.54) is 0 Å². The van der Waals surface area contributed by atoms with E-state index in [9.17, 15) is 13.2 Å². The van der Waals surface area contributed by atoms with Gasteiger partial charge in [0, 0.05) is 6.42 Å². The number of hydrogen-bond donors (Lipinski definition) is 1. The number of amides is 1. The van der Waals surface area contributed by atoms with Crippen LogP contribution in [0.25, 0.3) is 0 Å². The van der Waals surface area contributed by atoms with E-state index in [1.807, 2.05) is 19.9 Å². The molecule has 0 aliphatic heterocycles. The molecule has 0 radical (unpaired) electrons. The molecule has 0 spiro atoms. The molecule has 5 nitrogen and oxygen atoms in total. The number of para-hydroxylation sites is 1. The second kappa shape index (κ2) is 7.79. The molecule has 1 unspecified atom stereocenters. The largest absolute Gasteiger partial charge is 0.325 e. The zero-order valence-electron chi connectivity index (χ0n) is 12.3. The van der Waals surface area contributed by atoms with Gasteiger partial charge in [0.2, 0.25) is 5.91 Å². The predicted octanol–water partition coefficient (Wildman–Crippen LogP) is 2.35. The van der Waals surface area contributed by atoms with Crippen molar-refractivity contribution in [2.24, 2.45) is 5.92 Å². The minimum Gasteiger partial charge on any atom is -0.325 e. The maximum absolute atomic E-state index is 11.8. The zero-order valence-corrected chi connectivity index (χ0v) is 13.1. The van der Waals surface area contributed by atoms with Crippen molar-refractivity contribution in [1.29, 1.82) is 5.26 Å². The van der Waals surface area contributed by atoms with Crippen molar-refractivity contribution in [2.75, 3.05) is 16.8 Å². The van der Waals surface area contributed by atoms with Crippen LogP contribution in [0, 0.1) is 17.2 Å². The lowest BCUT2D eigenvalue weighted by molar-refractivity contribution is -0.115. The summed E-state index contributed by atoms with van der Waals surface area (Å²) in [7, 11) is -3.22. The van der Waals surface area contributed by atoms with Gasteiger partial charge in [-0.05, 0) is 18.1 Å². The lowest BCUT2D eigenvalue weighted by Gasteiger charge is -2.10. The number of nitriles is 1. The summed E-state index contributed by atoms with van der Waals surface area (Å²) < 4.78 is 23.7. The molecule has 1 aromatic rings. The molecule has 0 fully saturated rings. The first-order valence-electron chi connectivity index (χ1n) is 6.87. The van der Waals surface area contributed by atoms with Crippen molar-refractivity contribution < 1.29 is 13.2 Å². The fourth-order valence-corrected chi connectivity index (χ4v) is 3.55. The first kappa shape index (κ1) is 17.2. The molecular formula is C15H20N2O3S. The number of hydrogen-bond acceptors (Lipinski definition) is 4. The average molecular weight is 308 g/mol. The van der Waals surface area contributed by atoms with Crippen LogP contribution in [-0.2, 0) is 14.6 Å². The summed E-state index contributed by atoms with van der Waals surface area (Å²) in [6.45, 7) is 3.81. The Morgan fingerprint density at radius 1 is 1.38 bits per heavy atom. The lowest BCUT2D eigenvalue weighted by Crippen LogP contribution is -2.21. The van der Waals surface area contributed by atoms with Crippen LogP contribution in [0.1, 0.15) is 32.3 Å². The molecule has 1 amide bonds. The third-order valence-corrected chi connectivity index (χ3v) is 5.10. The van der Waals surface area contributed by atoms with Crippen LogP contribution in [0.3, 0.4) is 0 Å². The highest BCUT2D eigenvalue weighted by molar-refractivity contribution is 7.91. The van der Waals surface area contributed by atoms with E-state index in [1.54, 1.807) is 24.3 Å². The molecule has 1 N–H and O–H groups in total. The molecule has 21 heavy (non-hydrogen) atoms. The molecule has 1 aromatic carbocycles. The van der Waals surface area contributed by atoms with Gasteiger partial charge in [-0.1, -0.05) is 32.4 Å². The molecule has 0 saturated heterocycles. The Bertz CT molecular complexity index is 633. The quantitative estimate of drug-likeness (QED) is 0.837. The number of nitrogens with one attached hydrogen (secondary N) is 1. The summed E-state index contributed by atoms with van der Waals surface area (Å²) in [6, 6.07) is 8.59. The number of rotatable bonds is 7. The number of anilines is 1. The van der Waals surface area contributed by atoms with E-state index in [4.69, 9.17) is 5.26 Å². The van der Waals surface area contributed by atoms with Crippen LogP contribution in [-0.4, -0.2) is 25.8 Å². The van der Waals surface area contributed by atoms with Crippen LogP contribution in [0.15, 0.2) is 24.3 Å². The first-order chi connectivity index (χ1) is 9.88. The molecule has 0 heterocycles. The van der Waals surface area contributed by atoms with Crippen LogP contribution in [0.5, 0.6) is 0 Å². The number of carbonyl (C=O) groups excluding carboxylic acids is 1. The van der Waals surface area contributed by atoms with E-state index in [0.29, 0.717) is 11.3 Å². The second-order valence-corrected chi connectivity index (χ2v) is 7.31. The van der Waals surface area contributed by atoms with E-state index in [2.05, 4.69) is 5.32 Å². The molecule has 1 rings (SSSR count). The SMILES string of the molecule is CCC(C)CS(=O)(=O)CCC(=O)Nc1ccccc1C#N. The Hall–Kier alpha value is -1.87. The Morgan fingerprint density at radius 2 is 2.05 bits per heavy atom. The van der Waals surface area contributed by atoms with Crippen LogP contribution in [0.2, 0.25) is 0 Å². The van der Waals surface area contributed by atoms with Gasteiger partial charge in [-0.15, -0.1) is 0 Å². The van der Waals surface area contributed by atoms with Crippen LogP contribution >= 0.6 is 0 Å². The van der Waals surface area contributed by atoms with Crippen molar-refractivity contribution in [3.05, 3.63) is 29.8 Å². The molecule has 6 heteroatoms. The minimum absolute atomic E-state index is 0.0948. The van der Waals surface area contributed by atoms with Crippen molar-refractivity contribution in [3.8, 4) is 6.07 Å². The maximum Gasteiger partial charge on any atom is 0.225 e. The zero-order chi connectivity index (χ0) is 15.9. The normalized spacial score (nSPS) is 12.4. The third kappa shape index (κ3) is 5.96. The Kier molecular flexibility index (Phi) is 6.38. The molecule has 0 bridgehead atoms. The Morgan fingerprint density at radius 3 is 2.67 bits per heavy atom. The fraction of sp³-hybridized carbons (Fsp3) is 0.467. The summed E-state index contributed by atoms with van der Waals surface area (Å²) in [5.41, 5.74) is 0.762. The van der Waals surface area contributed by atoms with E-state index < -0.39 is 15.7 Å². The van der Waals surface area contributed by atoms with E-state index in [0.717, 1.165) is 6.42 Å². The predicted molar refractivity (Wildman–Crippen MR) is 82.5 cm³/mol. The number of benzene rings is 1. The average Bonchev–Trinajstić information content (AvgIpc) is 2.45. The monoisotopic (exact) mass is 308 g/mol. The van der Waals surface area contributed by atoms with Crippen molar-refractivity contribution in [1.82, 2.24) is 0 Å². The summed E-state index contributed by atoms with van der Waals surface area (Å²) in [5.74, 6) is -0.369. The van der Waals surface area contributed by atoms with E-state index in [-0.39, 0.29) is 23.8 Å². The number of carbonyl (C=O) groups is 1. The van der Waals surface area contributed by atoms with Crippen molar-refractivity contribution >= 4 is 21.4 Å². The minimum atomic E-state index is -3.22. The van der Waals surface area contributed by atoms with Gasteiger partial charge in [-0.3, -0.25) is 4.79 Å². The van der Waals surface area contributed by atoms with Crippen molar-refractivity contribution in [3.63, 3.8) is 0 Å². The summed E-state index contributed by atoms with van der Waals surface area (Å²) in [5, 5.41) is 11.5. The molecule has 114 valence electrons. The second-order valence-electron chi connectivity index (χ2n) is 5.08. The standard InChI is InChI=1S/C15H20N2O3S/c1-3-12(2)11-21(19,20)9-8-15(18)17-14-7-5-4-6-13(14)10-16/h4-7,12H,3,8-9,11H2,1-2H3,(H,17,18). The van der Waals surface area contributed by atoms with Gasteiger partial charge < -0.3 is 5.32 Å². The summed E-state index contributed by atoms with van der Waals surface area (Å²) in [4.78, 5) is 11.8. The summed E-state index contributed by atoms with van der Waals surface area (Å²) >= 11 is 0. The number of nitrogens with zero attached hydrogens (tertiary/aromatic N) is 1. The third-order valence-electron chi connectivity index (χ3n) is 3.20. The summed E-state index contributed by atoms with van der Waals surface area (Å²) in [6.07, 6.45) is 0.694. The molecule has 0 aliphatic carbocycles. The molecule has 1 atom stereocenters. The highest BCUT2D eigenvalue weighted by atomic mass is 32.2. The smallest absolute Gasteiger partial charge is 0.225 e. The highest BCUT2D eigenvalue weighted by Crippen LogP contribution is 2.14. The van der Waals surface area contributed by atoms with Gasteiger partial charge >= 0.3 is 0 Å². The molecular weight excluding hydrogens is 288 g/mol. The number of sulfone groups is 1. The van der Waals surface area contributed by atoms with Gasteiger partial charge in [0.15, 0.2) is 9.84 Å².